The molecule has 0 bridgehead atoms. The SMILES string of the molecule is COc1ccccc1/C=C1/N=C(c2ccccc2)N(c2nc3ccc(Sc4ccccc4)cc3[nH]2)C1=O. The molecule has 2 heterocycles. The number of H-pyrrole nitrogens is 1. The number of para-hydroxylation sites is 1. The molecule has 0 saturated carbocycles. The Hall–Kier alpha value is -4.62. The van der Waals surface area contributed by atoms with Crippen molar-refractivity contribution in [3.8, 4) is 5.75 Å². The molecule has 0 atom stereocenters. The third-order valence-electron chi connectivity index (χ3n) is 5.96. The first-order chi connectivity index (χ1) is 18.2. The Balaban J connectivity index is 1.40. The highest BCUT2D eigenvalue weighted by Crippen LogP contribution is 2.32. The number of carbonyl (C=O) groups excluding carboxylic acids is 1. The number of ether oxygens (including phenoxy) is 1. The first kappa shape index (κ1) is 22.8. The van der Waals surface area contributed by atoms with Crippen LogP contribution in [0.3, 0.4) is 0 Å². The fourth-order valence-electron chi connectivity index (χ4n) is 4.20. The van der Waals surface area contributed by atoms with E-state index in [9.17, 15) is 4.79 Å². The summed E-state index contributed by atoms with van der Waals surface area (Å²) in [5, 5.41) is 0. The van der Waals surface area contributed by atoms with Crippen molar-refractivity contribution < 1.29 is 9.53 Å². The van der Waals surface area contributed by atoms with Crippen LogP contribution in [0.15, 0.2) is 124 Å². The number of amides is 1. The van der Waals surface area contributed by atoms with Crippen molar-refractivity contribution in [1.82, 2.24) is 9.97 Å². The van der Waals surface area contributed by atoms with Gasteiger partial charge in [0.2, 0.25) is 5.95 Å². The van der Waals surface area contributed by atoms with Crippen molar-refractivity contribution in [2.75, 3.05) is 12.0 Å². The number of imidazole rings is 1. The Kier molecular flexibility index (Phi) is 6.04. The number of fused-ring (bicyclic) bond motifs is 1. The molecule has 1 aromatic heterocycles. The van der Waals surface area contributed by atoms with Gasteiger partial charge in [-0.1, -0.05) is 78.5 Å². The van der Waals surface area contributed by atoms with Gasteiger partial charge in [0.25, 0.3) is 5.91 Å². The van der Waals surface area contributed by atoms with Crippen LogP contribution in [0, 0.1) is 0 Å². The molecule has 0 spiro atoms. The lowest BCUT2D eigenvalue weighted by molar-refractivity contribution is -0.113. The van der Waals surface area contributed by atoms with Crippen LogP contribution in [0.5, 0.6) is 5.75 Å². The van der Waals surface area contributed by atoms with Crippen molar-refractivity contribution in [3.63, 3.8) is 0 Å². The summed E-state index contributed by atoms with van der Waals surface area (Å²) in [7, 11) is 1.61. The molecule has 1 aliphatic heterocycles. The number of aromatic nitrogens is 2. The molecule has 180 valence electrons. The van der Waals surface area contributed by atoms with Gasteiger partial charge in [-0.15, -0.1) is 0 Å². The highest BCUT2D eigenvalue weighted by Gasteiger charge is 2.34. The minimum atomic E-state index is -0.261. The number of anilines is 1. The van der Waals surface area contributed by atoms with Gasteiger partial charge in [-0.3, -0.25) is 4.79 Å². The number of nitrogens with zero attached hydrogens (tertiary/aromatic N) is 3. The summed E-state index contributed by atoms with van der Waals surface area (Å²) in [4.78, 5) is 30.3. The van der Waals surface area contributed by atoms with E-state index in [0.717, 1.165) is 32.0 Å². The van der Waals surface area contributed by atoms with E-state index in [1.54, 1.807) is 29.8 Å². The van der Waals surface area contributed by atoms with Gasteiger partial charge in [-0.05, 0) is 42.5 Å². The average Bonchev–Trinajstić information content (AvgIpc) is 3.50. The highest BCUT2D eigenvalue weighted by molar-refractivity contribution is 7.99. The zero-order valence-electron chi connectivity index (χ0n) is 20.0. The molecule has 0 radical (unpaired) electrons. The number of aliphatic imine (C=N–C) groups is 1. The summed E-state index contributed by atoms with van der Waals surface area (Å²) in [6.07, 6.45) is 1.75. The monoisotopic (exact) mass is 502 g/mol. The minimum absolute atomic E-state index is 0.261. The number of rotatable bonds is 6. The maximum atomic E-state index is 13.7. The summed E-state index contributed by atoms with van der Waals surface area (Å²) in [6.45, 7) is 0. The Morgan fingerprint density at radius 2 is 1.59 bits per heavy atom. The standard InChI is InChI=1S/C30H22N4O2S/c1-36-27-15-9-8-12-21(27)18-26-29(35)34(28(31-26)20-10-4-2-5-11-20)30-32-24-17-16-23(19-25(24)33-30)37-22-13-6-3-7-14-22/h2-19H,1H3,(H,32,33)/b26-18+. The second-order valence-electron chi connectivity index (χ2n) is 8.37. The summed E-state index contributed by atoms with van der Waals surface area (Å²) in [5.41, 5.74) is 3.52. The molecule has 6 rings (SSSR count). The molecule has 0 saturated heterocycles. The van der Waals surface area contributed by atoms with Crippen LogP contribution in [0.1, 0.15) is 11.1 Å². The Labute approximate surface area is 218 Å². The van der Waals surface area contributed by atoms with Gasteiger partial charge in [0.05, 0.1) is 18.1 Å². The second kappa shape index (κ2) is 9.79. The number of carbonyl (C=O) groups is 1. The number of nitrogens with one attached hydrogen (secondary N) is 1. The van der Waals surface area contributed by atoms with Crippen LogP contribution < -0.4 is 9.64 Å². The van der Waals surface area contributed by atoms with Gasteiger partial charge in [-0.2, -0.15) is 0 Å². The molecule has 5 aromatic rings. The maximum Gasteiger partial charge on any atom is 0.285 e. The number of amidine groups is 1. The average molecular weight is 503 g/mol. The van der Waals surface area contributed by atoms with Crippen LogP contribution in [0.2, 0.25) is 0 Å². The van der Waals surface area contributed by atoms with Crippen LogP contribution >= 0.6 is 11.8 Å². The Bertz CT molecular complexity index is 1660. The molecule has 0 aliphatic carbocycles. The lowest BCUT2D eigenvalue weighted by atomic mass is 10.1. The van der Waals surface area contributed by atoms with Crippen LogP contribution in [0.4, 0.5) is 5.95 Å². The van der Waals surface area contributed by atoms with Crippen molar-refractivity contribution in [3.05, 3.63) is 120 Å². The number of aromatic amines is 1. The lowest BCUT2D eigenvalue weighted by Gasteiger charge is -2.15. The molecular weight excluding hydrogens is 480 g/mol. The zero-order chi connectivity index (χ0) is 25.2. The molecule has 0 unspecified atom stereocenters. The van der Waals surface area contributed by atoms with E-state index in [4.69, 9.17) is 14.7 Å². The zero-order valence-corrected chi connectivity index (χ0v) is 20.8. The van der Waals surface area contributed by atoms with Crippen molar-refractivity contribution in [2.45, 2.75) is 9.79 Å². The van der Waals surface area contributed by atoms with Gasteiger partial charge in [0.15, 0.2) is 5.84 Å². The largest absolute Gasteiger partial charge is 0.496 e. The molecular formula is C30H22N4O2S. The van der Waals surface area contributed by atoms with Gasteiger partial charge >= 0.3 is 0 Å². The van der Waals surface area contributed by atoms with Crippen molar-refractivity contribution >= 4 is 46.6 Å². The smallest absolute Gasteiger partial charge is 0.285 e. The first-order valence-electron chi connectivity index (χ1n) is 11.8. The number of methoxy groups -OCH3 is 1. The Morgan fingerprint density at radius 1 is 0.865 bits per heavy atom. The lowest BCUT2D eigenvalue weighted by Crippen LogP contribution is -2.33. The number of hydrogen-bond acceptors (Lipinski definition) is 5. The quantitative estimate of drug-likeness (QED) is 0.267. The molecule has 4 aromatic carbocycles. The fraction of sp³-hybridized carbons (Fsp3) is 0.0333. The molecule has 1 amide bonds. The number of benzene rings is 4. The third kappa shape index (κ3) is 4.52. The first-order valence-corrected chi connectivity index (χ1v) is 12.6. The van der Waals surface area contributed by atoms with Crippen molar-refractivity contribution in [2.24, 2.45) is 4.99 Å². The molecule has 0 fully saturated rings. The van der Waals surface area contributed by atoms with Gasteiger partial charge < -0.3 is 9.72 Å². The molecule has 1 N–H and O–H groups in total. The van der Waals surface area contributed by atoms with Crippen LogP contribution in [-0.2, 0) is 4.79 Å². The summed E-state index contributed by atoms with van der Waals surface area (Å²) in [5.74, 6) is 1.35. The summed E-state index contributed by atoms with van der Waals surface area (Å²) in [6, 6.07) is 33.4. The predicted octanol–water partition coefficient (Wildman–Crippen LogP) is 6.56. The van der Waals surface area contributed by atoms with E-state index in [0.29, 0.717) is 23.2 Å². The van der Waals surface area contributed by atoms with Crippen LogP contribution in [0.25, 0.3) is 17.1 Å². The molecule has 6 nitrogen and oxygen atoms in total. The minimum Gasteiger partial charge on any atom is -0.496 e. The number of hydrogen-bond donors (Lipinski definition) is 1. The fourth-order valence-corrected chi connectivity index (χ4v) is 5.07. The van der Waals surface area contributed by atoms with Gasteiger partial charge in [0, 0.05) is 20.9 Å². The van der Waals surface area contributed by atoms with Gasteiger partial charge in [-0.25, -0.2) is 14.9 Å². The van der Waals surface area contributed by atoms with E-state index in [1.807, 2.05) is 84.9 Å². The van der Waals surface area contributed by atoms with E-state index in [-0.39, 0.29) is 5.91 Å². The van der Waals surface area contributed by atoms with Crippen molar-refractivity contribution in [1.29, 1.82) is 0 Å². The Morgan fingerprint density at radius 3 is 2.38 bits per heavy atom. The predicted molar refractivity (Wildman–Crippen MR) is 148 cm³/mol. The van der Waals surface area contributed by atoms with E-state index in [2.05, 4.69) is 23.2 Å². The second-order valence-corrected chi connectivity index (χ2v) is 9.51. The topological polar surface area (TPSA) is 70.6 Å². The van der Waals surface area contributed by atoms with E-state index >= 15 is 0 Å². The highest BCUT2D eigenvalue weighted by atomic mass is 32.2. The maximum absolute atomic E-state index is 13.7. The molecule has 7 heteroatoms. The normalized spacial score (nSPS) is 14.4. The van der Waals surface area contributed by atoms with E-state index in [1.165, 1.54) is 0 Å². The molecule has 37 heavy (non-hydrogen) atoms. The third-order valence-corrected chi connectivity index (χ3v) is 6.95. The van der Waals surface area contributed by atoms with Gasteiger partial charge in [0.1, 0.15) is 11.4 Å². The van der Waals surface area contributed by atoms with Crippen LogP contribution in [-0.4, -0.2) is 28.8 Å². The summed E-state index contributed by atoms with van der Waals surface area (Å²) >= 11 is 1.67. The molecule has 1 aliphatic rings. The summed E-state index contributed by atoms with van der Waals surface area (Å²) < 4.78 is 5.47. The van der Waals surface area contributed by atoms with E-state index < -0.39 is 0 Å².